The summed E-state index contributed by atoms with van der Waals surface area (Å²) < 4.78 is 16.0. The van der Waals surface area contributed by atoms with Crippen LogP contribution in [0.3, 0.4) is 0 Å². The lowest BCUT2D eigenvalue weighted by Crippen LogP contribution is -2.17. The second-order valence-corrected chi connectivity index (χ2v) is 20.9. The van der Waals surface area contributed by atoms with Crippen molar-refractivity contribution in [1.82, 2.24) is 18.3 Å². The molecule has 0 aliphatic rings. The Morgan fingerprint density at radius 1 is 0.259 bits per heavy atom. The molecule has 0 fully saturated rings. The number of benzene rings is 12. The third-order valence-electron chi connectivity index (χ3n) is 16.8. The molecule has 7 heteroatoms. The molecule has 374 valence electrons. The van der Waals surface area contributed by atoms with Crippen molar-refractivity contribution in [2.45, 2.75) is 0 Å². The SMILES string of the molecule is N#Cc1c(-n2c3ccccc3c3ccccc32)c(C#N)c(-n2c3ccccc3c3ccccc32)c(-n2c3cccc(-c4ccccc4-c4ccccc4)c3c3ccc4oc5ccccc5c4c32)c1-n1c2ccccc2c2ccccc21. The van der Waals surface area contributed by atoms with Gasteiger partial charge in [-0.25, -0.2) is 0 Å². The molecule has 0 bridgehead atoms. The molecule has 7 nitrogen and oxygen atoms in total. The predicted octanol–water partition coefficient (Wildman–Crippen LogP) is 19.1. The van der Waals surface area contributed by atoms with Crippen LogP contribution in [0.5, 0.6) is 0 Å². The van der Waals surface area contributed by atoms with Gasteiger partial charge in [0.2, 0.25) is 0 Å². The molecule has 5 heterocycles. The minimum absolute atomic E-state index is 0.342. The highest BCUT2D eigenvalue weighted by Crippen LogP contribution is 2.52. The normalized spacial score (nSPS) is 11.9. The number of furan rings is 1. The molecule has 17 rings (SSSR count). The Labute approximate surface area is 463 Å². The van der Waals surface area contributed by atoms with Crippen LogP contribution in [0.4, 0.5) is 0 Å². The molecular formula is C74H42N6O. The average molecular weight is 1030 g/mol. The minimum Gasteiger partial charge on any atom is -0.456 e. The lowest BCUT2D eigenvalue weighted by molar-refractivity contribution is 0.669. The van der Waals surface area contributed by atoms with E-state index in [2.05, 4.69) is 261 Å². The standard InChI is InChI=1S/C74H42N6O/c75-43-57-70(77-59-33-13-6-25-48(59)49-26-7-14-34-60(49)77)58(44-76)73(79-63-37-17-10-29-52(63)53-30-11-18-38-64(53)79)74(72(57)78-61-35-15-8-27-50(61)51-28-9-16-36-62(51)78)80-65-39-20-32-54(47-24-5-4-23-46(47)45-21-2-1-3-22-45)68(65)56-41-42-67-69(71(56)80)55-31-12-19-40-66(55)81-67/h1-42H. The van der Waals surface area contributed by atoms with Gasteiger partial charge in [-0.2, -0.15) is 10.5 Å². The summed E-state index contributed by atoms with van der Waals surface area (Å²) in [4.78, 5) is 0. The lowest BCUT2D eigenvalue weighted by Gasteiger charge is -2.27. The fourth-order valence-corrected chi connectivity index (χ4v) is 13.7. The van der Waals surface area contributed by atoms with E-state index in [1.807, 2.05) is 24.3 Å². The number of fused-ring (bicyclic) bond motifs is 16. The third kappa shape index (κ3) is 6.09. The fraction of sp³-hybridized carbons (Fsp3) is 0. The summed E-state index contributed by atoms with van der Waals surface area (Å²) >= 11 is 0. The molecule has 0 spiro atoms. The first-order valence-corrected chi connectivity index (χ1v) is 27.2. The molecule has 17 aromatic rings. The smallest absolute Gasteiger partial charge is 0.137 e. The van der Waals surface area contributed by atoms with Crippen molar-refractivity contribution < 1.29 is 4.42 Å². The van der Waals surface area contributed by atoms with Gasteiger partial charge in [0, 0.05) is 48.5 Å². The van der Waals surface area contributed by atoms with Crippen molar-refractivity contribution in [3.8, 4) is 57.1 Å². The van der Waals surface area contributed by atoms with Crippen LogP contribution in [0.2, 0.25) is 0 Å². The van der Waals surface area contributed by atoms with E-state index >= 15 is 0 Å². The molecule has 81 heavy (non-hydrogen) atoms. The lowest BCUT2D eigenvalue weighted by atomic mass is 9.92. The van der Waals surface area contributed by atoms with Crippen molar-refractivity contribution in [3.05, 3.63) is 266 Å². The number of aromatic nitrogens is 4. The summed E-state index contributed by atoms with van der Waals surface area (Å²) in [6, 6.07) is 94.9. The van der Waals surface area contributed by atoms with Crippen molar-refractivity contribution >= 4 is 109 Å². The summed E-state index contributed by atoms with van der Waals surface area (Å²) in [5.74, 6) is 0. The van der Waals surface area contributed by atoms with Crippen LogP contribution in [0, 0.1) is 22.7 Å². The number of nitriles is 2. The summed E-state index contributed by atoms with van der Waals surface area (Å²) in [6.45, 7) is 0. The van der Waals surface area contributed by atoms with E-state index in [-0.39, 0.29) is 0 Å². The van der Waals surface area contributed by atoms with Gasteiger partial charge < -0.3 is 22.7 Å². The molecule has 0 atom stereocenters. The summed E-state index contributed by atoms with van der Waals surface area (Å²) in [7, 11) is 0. The van der Waals surface area contributed by atoms with Crippen LogP contribution in [-0.4, -0.2) is 18.3 Å². The monoisotopic (exact) mass is 1030 g/mol. The Balaban J connectivity index is 1.20. The molecule has 0 saturated carbocycles. The van der Waals surface area contributed by atoms with Crippen LogP contribution in [0.25, 0.3) is 154 Å². The van der Waals surface area contributed by atoms with Crippen molar-refractivity contribution in [1.29, 1.82) is 10.5 Å². The maximum Gasteiger partial charge on any atom is 0.137 e. The summed E-state index contributed by atoms with van der Waals surface area (Å²) in [5, 5.41) is 35.5. The largest absolute Gasteiger partial charge is 0.456 e. The maximum atomic E-state index is 12.7. The predicted molar refractivity (Wildman–Crippen MR) is 331 cm³/mol. The van der Waals surface area contributed by atoms with E-state index in [0.717, 1.165) is 131 Å². The average Bonchev–Trinajstić information content (AvgIpc) is 2.32. The molecular weight excluding hydrogens is 989 g/mol. The molecule has 5 aromatic heterocycles. The highest BCUT2D eigenvalue weighted by atomic mass is 16.3. The van der Waals surface area contributed by atoms with E-state index < -0.39 is 0 Å². The Morgan fingerprint density at radius 3 is 1.15 bits per heavy atom. The van der Waals surface area contributed by atoms with Gasteiger partial charge in [0.25, 0.3) is 0 Å². The number of hydrogen-bond acceptors (Lipinski definition) is 3. The first-order chi connectivity index (χ1) is 40.2. The Kier molecular flexibility index (Phi) is 9.42. The first kappa shape index (κ1) is 44.7. The first-order valence-electron chi connectivity index (χ1n) is 27.2. The maximum absolute atomic E-state index is 12.7. The molecule has 0 amide bonds. The van der Waals surface area contributed by atoms with Gasteiger partial charge in [0.05, 0.1) is 72.3 Å². The topological polar surface area (TPSA) is 80.4 Å². The van der Waals surface area contributed by atoms with Crippen molar-refractivity contribution in [3.63, 3.8) is 0 Å². The second-order valence-electron chi connectivity index (χ2n) is 20.9. The highest BCUT2D eigenvalue weighted by Gasteiger charge is 2.35. The zero-order valence-corrected chi connectivity index (χ0v) is 43.3. The van der Waals surface area contributed by atoms with Gasteiger partial charge in [-0.15, -0.1) is 0 Å². The minimum atomic E-state index is 0.342. The quantitative estimate of drug-likeness (QED) is 0.166. The number of hydrogen-bond donors (Lipinski definition) is 0. The molecule has 0 saturated heterocycles. The van der Waals surface area contributed by atoms with E-state index in [0.29, 0.717) is 33.9 Å². The molecule has 0 N–H and O–H groups in total. The van der Waals surface area contributed by atoms with Crippen molar-refractivity contribution in [2.75, 3.05) is 0 Å². The molecule has 0 unspecified atom stereocenters. The van der Waals surface area contributed by atoms with Gasteiger partial charge in [-0.1, -0.05) is 194 Å². The van der Waals surface area contributed by atoms with Crippen LogP contribution >= 0.6 is 0 Å². The van der Waals surface area contributed by atoms with Crippen LogP contribution in [-0.2, 0) is 0 Å². The summed E-state index contributed by atoms with van der Waals surface area (Å²) in [5.41, 5.74) is 16.1. The molecule has 12 aromatic carbocycles. The number of para-hydroxylation sites is 7. The van der Waals surface area contributed by atoms with Crippen molar-refractivity contribution in [2.24, 2.45) is 0 Å². The fourth-order valence-electron chi connectivity index (χ4n) is 13.7. The van der Waals surface area contributed by atoms with Crippen LogP contribution in [0.1, 0.15) is 11.1 Å². The second kappa shape index (κ2) is 17.1. The Morgan fingerprint density at radius 2 is 0.654 bits per heavy atom. The molecule has 0 aliphatic heterocycles. The van der Waals surface area contributed by atoms with Crippen LogP contribution in [0.15, 0.2) is 259 Å². The van der Waals surface area contributed by atoms with Gasteiger partial charge >= 0.3 is 0 Å². The Bertz CT molecular complexity index is 5320. The van der Waals surface area contributed by atoms with Gasteiger partial charge in [-0.3, -0.25) is 0 Å². The van der Waals surface area contributed by atoms with Gasteiger partial charge in [0.15, 0.2) is 0 Å². The van der Waals surface area contributed by atoms with E-state index in [1.165, 1.54) is 0 Å². The van der Waals surface area contributed by atoms with Gasteiger partial charge in [0.1, 0.15) is 34.4 Å². The van der Waals surface area contributed by atoms with Crippen LogP contribution < -0.4 is 0 Å². The Hall–Kier alpha value is -11.4. The number of rotatable bonds is 6. The van der Waals surface area contributed by atoms with E-state index in [4.69, 9.17) is 4.42 Å². The van der Waals surface area contributed by atoms with Gasteiger partial charge in [-0.05, 0) is 82.9 Å². The van der Waals surface area contributed by atoms with E-state index in [9.17, 15) is 10.5 Å². The van der Waals surface area contributed by atoms with E-state index in [1.54, 1.807) is 0 Å². The highest BCUT2D eigenvalue weighted by molar-refractivity contribution is 6.28. The zero-order valence-electron chi connectivity index (χ0n) is 43.3. The molecule has 0 radical (unpaired) electrons. The summed E-state index contributed by atoms with van der Waals surface area (Å²) in [6.07, 6.45) is 0. The number of nitrogens with zero attached hydrogens (tertiary/aromatic N) is 6. The zero-order chi connectivity index (χ0) is 53.4. The third-order valence-corrected chi connectivity index (χ3v) is 16.8. The molecule has 0 aliphatic carbocycles.